The predicted octanol–water partition coefficient (Wildman–Crippen LogP) is 4.01. The van der Waals surface area contributed by atoms with E-state index >= 15 is 0 Å². The first-order valence-electron chi connectivity index (χ1n) is 9.76. The minimum Gasteiger partial charge on any atom is -0.336 e. The molecule has 3 rings (SSSR count). The molecule has 2 aromatic carbocycles. The molecule has 0 radical (unpaired) electrons. The van der Waals surface area contributed by atoms with Crippen LogP contribution in [0.4, 0.5) is 14.5 Å². The number of hydrogen-bond acceptors (Lipinski definition) is 4. The van der Waals surface area contributed by atoms with Crippen LogP contribution >= 0.6 is 11.8 Å². The Hall–Kier alpha value is -2.45. The molecular weight excluding hydrogens is 408 g/mol. The summed E-state index contributed by atoms with van der Waals surface area (Å²) in [6.07, 6.45) is 0. The van der Waals surface area contributed by atoms with Gasteiger partial charge in [-0.1, -0.05) is 23.9 Å². The maximum atomic E-state index is 12.6. The van der Waals surface area contributed by atoms with Gasteiger partial charge in [-0.05, 0) is 55.3 Å². The van der Waals surface area contributed by atoms with Crippen LogP contribution in [0.25, 0.3) is 0 Å². The van der Waals surface area contributed by atoms with Gasteiger partial charge in [0.2, 0.25) is 5.91 Å². The molecule has 5 nitrogen and oxygen atoms in total. The molecule has 2 amide bonds. The molecule has 0 saturated carbocycles. The second-order valence-corrected chi connectivity index (χ2v) is 8.33. The number of halogens is 2. The number of amides is 2. The molecule has 1 N–H and O–H groups in total. The molecule has 0 aliphatic carbocycles. The SMILES string of the molecule is Cc1cccc(NC(=O)CN2CCN(C(=O)c3ccc(SC(F)F)cc3)CC2)c1C. The van der Waals surface area contributed by atoms with Crippen LogP contribution in [0.3, 0.4) is 0 Å². The van der Waals surface area contributed by atoms with Gasteiger partial charge in [0.25, 0.3) is 11.7 Å². The molecule has 160 valence electrons. The van der Waals surface area contributed by atoms with E-state index in [0.717, 1.165) is 16.8 Å². The Morgan fingerprint density at radius 3 is 2.33 bits per heavy atom. The fraction of sp³-hybridized carbons (Fsp3) is 0.364. The van der Waals surface area contributed by atoms with Crippen molar-refractivity contribution in [2.24, 2.45) is 0 Å². The Kier molecular flexibility index (Phi) is 7.44. The van der Waals surface area contributed by atoms with Crippen molar-refractivity contribution in [3.8, 4) is 0 Å². The number of anilines is 1. The van der Waals surface area contributed by atoms with Gasteiger partial charge in [-0.15, -0.1) is 0 Å². The molecule has 2 aromatic rings. The molecule has 0 atom stereocenters. The number of hydrogen-bond donors (Lipinski definition) is 1. The van der Waals surface area contributed by atoms with Crippen LogP contribution in [0.1, 0.15) is 21.5 Å². The standard InChI is InChI=1S/C22H25F2N3O2S/c1-15-4-3-5-19(16(15)2)25-20(28)14-26-10-12-27(13-11-26)21(29)17-6-8-18(9-7-17)30-22(23)24/h3-9,22H,10-14H2,1-2H3,(H,25,28). The zero-order chi connectivity index (χ0) is 21.7. The van der Waals surface area contributed by atoms with Gasteiger partial charge in [0.05, 0.1) is 6.54 Å². The van der Waals surface area contributed by atoms with E-state index < -0.39 is 5.76 Å². The summed E-state index contributed by atoms with van der Waals surface area (Å²) >= 11 is 0.460. The van der Waals surface area contributed by atoms with Crippen LogP contribution in [-0.4, -0.2) is 60.1 Å². The highest BCUT2D eigenvalue weighted by molar-refractivity contribution is 7.99. The van der Waals surface area contributed by atoms with Crippen molar-refractivity contribution < 1.29 is 18.4 Å². The van der Waals surface area contributed by atoms with Crippen molar-refractivity contribution in [2.45, 2.75) is 24.5 Å². The van der Waals surface area contributed by atoms with Gasteiger partial charge in [-0.2, -0.15) is 8.78 Å². The fourth-order valence-corrected chi connectivity index (χ4v) is 3.85. The molecule has 8 heteroatoms. The van der Waals surface area contributed by atoms with E-state index in [0.29, 0.717) is 48.4 Å². The minimum atomic E-state index is -2.48. The number of aryl methyl sites for hydroxylation is 1. The number of piperazine rings is 1. The number of benzene rings is 2. The monoisotopic (exact) mass is 433 g/mol. The number of carbonyl (C=O) groups excluding carboxylic acids is 2. The number of rotatable bonds is 6. The molecule has 1 saturated heterocycles. The minimum absolute atomic E-state index is 0.0735. The average molecular weight is 434 g/mol. The zero-order valence-electron chi connectivity index (χ0n) is 17.0. The lowest BCUT2D eigenvalue weighted by Crippen LogP contribution is -2.50. The molecule has 0 bridgehead atoms. The fourth-order valence-electron chi connectivity index (χ4n) is 3.35. The highest BCUT2D eigenvalue weighted by atomic mass is 32.2. The molecule has 1 fully saturated rings. The smallest absolute Gasteiger partial charge is 0.288 e. The average Bonchev–Trinajstić information content (AvgIpc) is 2.71. The molecule has 1 aliphatic rings. The van der Waals surface area contributed by atoms with Gasteiger partial charge < -0.3 is 10.2 Å². The maximum Gasteiger partial charge on any atom is 0.288 e. The quantitative estimate of drug-likeness (QED) is 0.700. The summed E-state index contributed by atoms with van der Waals surface area (Å²) in [4.78, 5) is 29.2. The lowest BCUT2D eigenvalue weighted by Gasteiger charge is -2.34. The van der Waals surface area contributed by atoms with Crippen LogP contribution in [-0.2, 0) is 4.79 Å². The van der Waals surface area contributed by atoms with E-state index in [1.807, 2.05) is 36.9 Å². The van der Waals surface area contributed by atoms with Crippen LogP contribution in [0.15, 0.2) is 47.4 Å². The van der Waals surface area contributed by atoms with Crippen molar-refractivity contribution in [1.82, 2.24) is 9.80 Å². The van der Waals surface area contributed by atoms with E-state index in [1.165, 1.54) is 12.1 Å². The number of alkyl halides is 2. The van der Waals surface area contributed by atoms with Gasteiger partial charge in [0.1, 0.15) is 0 Å². The van der Waals surface area contributed by atoms with E-state index in [2.05, 4.69) is 5.32 Å². The summed E-state index contributed by atoms with van der Waals surface area (Å²) in [7, 11) is 0. The third-order valence-electron chi connectivity index (χ3n) is 5.23. The van der Waals surface area contributed by atoms with Crippen molar-refractivity contribution in [2.75, 3.05) is 38.0 Å². The molecular formula is C22H25F2N3O2S. The highest BCUT2D eigenvalue weighted by Crippen LogP contribution is 2.25. The van der Waals surface area contributed by atoms with Crippen LogP contribution in [0.2, 0.25) is 0 Å². The number of carbonyl (C=O) groups is 2. The zero-order valence-corrected chi connectivity index (χ0v) is 17.8. The summed E-state index contributed by atoms with van der Waals surface area (Å²) in [6, 6.07) is 12.1. The van der Waals surface area contributed by atoms with Gasteiger partial charge in [-0.3, -0.25) is 14.5 Å². The molecule has 0 spiro atoms. The van der Waals surface area contributed by atoms with E-state index in [1.54, 1.807) is 17.0 Å². The van der Waals surface area contributed by atoms with Gasteiger partial charge in [0, 0.05) is 42.3 Å². The first-order chi connectivity index (χ1) is 14.3. The van der Waals surface area contributed by atoms with Crippen LogP contribution in [0.5, 0.6) is 0 Å². The van der Waals surface area contributed by atoms with Crippen molar-refractivity contribution >= 4 is 29.3 Å². The Balaban J connectivity index is 1.48. The van der Waals surface area contributed by atoms with Crippen molar-refractivity contribution in [3.05, 3.63) is 59.2 Å². The Bertz CT molecular complexity index is 898. The van der Waals surface area contributed by atoms with Crippen molar-refractivity contribution in [1.29, 1.82) is 0 Å². The molecule has 30 heavy (non-hydrogen) atoms. The van der Waals surface area contributed by atoms with E-state index in [9.17, 15) is 18.4 Å². The molecule has 1 aliphatic heterocycles. The van der Waals surface area contributed by atoms with E-state index in [-0.39, 0.29) is 18.4 Å². The maximum absolute atomic E-state index is 12.6. The van der Waals surface area contributed by atoms with Gasteiger partial charge >= 0.3 is 0 Å². The van der Waals surface area contributed by atoms with Crippen molar-refractivity contribution in [3.63, 3.8) is 0 Å². The highest BCUT2D eigenvalue weighted by Gasteiger charge is 2.23. The second-order valence-electron chi connectivity index (χ2n) is 7.27. The molecule has 1 heterocycles. The lowest BCUT2D eigenvalue weighted by molar-refractivity contribution is -0.117. The normalized spacial score (nSPS) is 14.8. The number of thioether (sulfide) groups is 1. The lowest BCUT2D eigenvalue weighted by atomic mass is 10.1. The first-order valence-corrected chi connectivity index (χ1v) is 10.6. The summed E-state index contributed by atoms with van der Waals surface area (Å²) in [6.45, 7) is 6.50. The first kappa shape index (κ1) is 22.2. The summed E-state index contributed by atoms with van der Waals surface area (Å²) in [5.41, 5.74) is 3.48. The van der Waals surface area contributed by atoms with E-state index in [4.69, 9.17) is 0 Å². The molecule has 0 aromatic heterocycles. The summed E-state index contributed by atoms with van der Waals surface area (Å²) in [5.74, 6) is -2.68. The predicted molar refractivity (Wildman–Crippen MR) is 115 cm³/mol. The molecule has 0 unspecified atom stereocenters. The van der Waals surface area contributed by atoms with Gasteiger partial charge in [-0.25, -0.2) is 0 Å². The number of nitrogens with zero attached hydrogens (tertiary/aromatic N) is 2. The van der Waals surface area contributed by atoms with Crippen LogP contribution < -0.4 is 5.32 Å². The Morgan fingerprint density at radius 2 is 1.70 bits per heavy atom. The summed E-state index contributed by atoms with van der Waals surface area (Å²) < 4.78 is 24.8. The third-order valence-corrected chi connectivity index (χ3v) is 5.95. The van der Waals surface area contributed by atoms with Crippen LogP contribution in [0, 0.1) is 13.8 Å². The number of nitrogens with one attached hydrogen (secondary N) is 1. The Morgan fingerprint density at radius 1 is 1.03 bits per heavy atom. The van der Waals surface area contributed by atoms with Gasteiger partial charge in [0.15, 0.2) is 0 Å². The second kappa shape index (κ2) is 10.0. The Labute approximate surface area is 179 Å². The topological polar surface area (TPSA) is 52.7 Å². The largest absolute Gasteiger partial charge is 0.336 e. The third kappa shape index (κ3) is 5.79. The summed E-state index contributed by atoms with van der Waals surface area (Å²) in [5, 5.41) is 2.96.